The lowest BCUT2D eigenvalue weighted by atomic mass is 10.1. The molecule has 5 heteroatoms. The summed E-state index contributed by atoms with van der Waals surface area (Å²) in [4.78, 5) is 22.1. The lowest BCUT2D eigenvalue weighted by Crippen LogP contribution is -2.25. The molecule has 0 radical (unpaired) electrons. The normalized spacial score (nSPS) is 10.2. The maximum Gasteiger partial charge on any atom is 0.303 e. The van der Waals surface area contributed by atoms with E-state index in [1.165, 1.54) is 6.07 Å². The number of carboxylic acids is 1. The molecule has 0 unspecified atom stereocenters. The van der Waals surface area contributed by atoms with Crippen LogP contribution in [0, 0.1) is 6.92 Å². The molecule has 0 atom stereocenters. The van der Waals surface area contributed by atoms with Gasteiger partial charge in [-0.25, -0.2) is 0 Å². The molecular formula is C14H19NO4. The predicted molar refractivity (Wildman–Crippen MR) is 71.3 cm³/mol. The van der Waals surface area contributed by atoms with E-state index >= 15 is 0 Å². The van der Waals surface area contributed by atoms with Crippen LogP contribution < -0.4 is 5.32 Å². The molecule has 1 rings (SSSR count). The number of carbonyl (C=O) groups excluding carboxylic acids is 1. The quantitative estimate of drug-likeness (QED) is 0.659. The van der Waals surface area contributed by atoms with Gasteiger partial charge < -0.3 is 15.5 Å². The summed E-state index contributed by atoms with van der Waals surface area (Å²) < 4.78 is 0. The number of nitrogens with one attached hydrogen (secondary N) is 1. The highest BCUT2D eigenvalue weighted by atomic mass is 16.4. The fourth-order valence-electron chi connectivity index (χ4n) is 1.78. The Labute approximate surface area is 112 Å². The van der Waals surface area contributed by atoms with Crippen molar-refractivity contribution >= 4 is 11.9 Å². The summed E-state index contributed by atoms with van der Waals surface area (Å²) in [5.74, 6) is -0.817. The first-order valence-corrected chi connectivity index (χ1v) is 6.30. The van der Waals surface area contributed by atoms with Crippen molar-refractivity contribution in [3.8, 4) is 5.75 Å². The van der Waals surface area contributed by atoms with E-state index in [2.05, 4.69) is 5.32 Å². The van der Waals surface area contributed by atoms with E-state index in [1.54, 1.807) is 19.1 Å². The molecule has 0 saturated carbocycles. The Morgan fingerprint density at radius 3 is 2.58 bits per heavy atom. The minimum absolute atomic E-state index is 0.141. The molecule has 0 aliphatic heterocycles. The minimum atomic E-state index is -0.788. The second-order valence-electron chi connectivity index (χ2n) is 4.46. The molecule has 0 aliphatic rings. The zero-order chi connectivity index (χ0) is 14.3. The summed E-state index contributed by atoms with van der Waals surface area (Å²) in [5.41, 5.74) is 1.27. The Morgan fingerprint density at radius 1 is 1.21 bits per heavy atom. The van der Waals surface area contributed by atoms with Crippen molar-refractivity contribution < 1.29 is 19.8 Å². The fourth-order valence-corrected chi connectivity index (χ4v) is 1.78. The third kappa shape index (κ3) is 5.42. The number of benzene rings is 1. The fraction of sp³-hybridized carbons (Fsp3) is 0.429. The average Bonchev–Trinajstić information content (AvgIpc) is 2.32. The molecule has 1 aromatic rings. The highest BCUT2D eigenvalue weighted by Gasteiger charge is 2.08. The van der Waals surface area contributed by atoms with Gasteiger partial charge in [0, 0.05) is 18.5 Å². The maximum absolute atomic E-state index is 11.8. The zero-order valence-electron chi connectivity index (χ0n) is 11.0. The molecular weight excluding hydrogens is 246 g/mol. The van der Waals surface area contributed by atoms with Gasteiger partial charge in [-0.05, 0) is 43.5 Å². The lowest BCUT2D eigenvalue weighted by molar-refractivity contribution is -0.137. The van der Waals surface area contributed by atoms with Crippen LogP contribution in [0.25, 0.3) is 0 Å². The number of unbranched alkanes of at least 4 members (excludes halogenated alkanes) is 2. The second-order valence-corrected chi connectivity index (χ2v) is 4.46. The van der Waals surface area contributed by atoms with Crippen LogP contribution in [0.2, 0.25) is 0 Å². The number of aromatic hydroxyl groups is 1. The van der Waals surface area contributed by atoms with Crippen molar-refractivity contribution in [3.05, 3.63) is 29.3 Å². The number of phenolic OH excluding ortho intramolecular Hbond substituents is 1. The largest absolute Gasteiger partial charge is 0.508 e. The van der Waals surface area contributed by atoms with Crippen molar-refractivity contribution in [3.63, 3.8) is 0 Å². The monoisotopic (exact) mass is 265 g/mol. The van der Waals surface area contributed by atoms with E-state index in [9.17, 15) is 14.7 Å². The summed E-state index contributed by atoms with van der Waals surface area (Å²) in [6.45, 7) is 2.29. The number of hydrogen-bond donors (Lipinski definition) is 3. The smallest absolute Gasteiger partial charge is 0.303 e. The van der Waals surface area contributed by atoms with Crippen molar-refractivity contribution in [1.29, 1.82) is 0 Å². The highest BCUT2D eigenvalue weighted by molar-refractivity contribution is 5.95. The maximum atomic E-state index is 11.8. The Balaban J connectivity index is 2.29. The van der Waals surface area contributed by atoms with Crippen LogP contribution in [0.4, 0.5) is 0 Å². The molecule has 0 aromatic heterocycles. The summed E-state index contributed by atoms with van der Waals surface area (Å²) >= 11 is 0. The summed E-state index contributed by atoms with van der Waals surface area (Å²) in [7, 11) is 0. The summed E-state index contributed by atoms with van der Waals surface area (Å²) in [5, 5.41) is 20.5. The van der Waals surface area contributed by atoms with E-state index in [4.69, 9.17) is 5.11 Å². The lowest BCUT2D eigenvalue weighted by Gasteiger charge is -2.07. The number of phenols is 1. The number of amides is 1. The molecule has 104 valence electrons. The second kappa shape index (κ2) is 7.41. The van der Waals surface area contributed by atoms with Crippen LogP contribution in [0.5, 0.6) is 5.75 Å². The van der Waals surface area contributed by atoms with Gasteiger partial charge >= 0.3 is 5.97 Å². The first-order chi connectivity index (χ1) is 9.00. The molecule has 0 bridgehead atoms. The first-order valence-electron chi connectivity index (χ1n) is 6.30. The Bertz CT molecular complexity index is 457. The third-order valence-corrected chi connectivity index (χ3v) is 2.81. The van der Waals surface area contributed by atoms with Gasteiger partial charge in [0.05, 0.1) is 0 Å². The number of aryl methyl sites for hydroxylation is 1. The average molecular weight is 265 g/mol. The first kappa shape index (κ1) is 15.0. The standard InChI is InChI=1S/C14H19NO4/c1-10-9-11(16)6-7-12(10)14(19)15-8-4-2-3-5-13(17)18/h6-7,9,16H,2-5,8H2,1H3,(H,15,19)(H,17,18). The zero-order valence-corrected chi connectivity index (χ0v) is 11.0. The van der Waals surface area contributed by atoms with Gasteiger partial charge in [-0.1, -0.05) is 6.42 Å². The number of aliphatic carboxylic acids is 1. The van der Waals surface area contributed by atoms with Crippen LogP contribution in [0.3, 0.4) is 0 Å². The van der Waals surface area contributed by atoms with Crippen LogP contribution in [-0.2, 0) is 4.79 Å². The van der Waals surface area contributed by atoms with Crippen molar-refractivity contribution in [2.45, 2.75) is 32.6 Å². The van der Waals surface area contributed by atoms with Gasteiger partial charge in [0.25, 0.3) is 5.91 Å². The van der Waals surface area contributed by atoms with Crippen LogP contribution in [-0.4, -0.2) is 28.6 Å². The molecule has 3 N–H and O–H groups in total. The van der Waals surface area contributed by atoms with Crippen molar-refractivity contribution in [2.24, 2.45) is 0 Å². The SMILES string of the molecule is Cc1cc(O)ccc1C(=O)NCCCCCC(=O)O. The summed E-state index contributed by atoms with van der Waals surface area (Å²) in [6, 6.07) is 4.61. The van der Waals surface area contributed by atoms with E-state index in [1.807, 2.05) is 0 Å². The number of carbonyl (C=O) groups is 2. The Kier molecular flexibility index (Phi) is 5.85. The van der Waals surface area contributed by atoms with E-state index in [0.29, 0.717) is 18.5 Å². The van der Waals surface area contributed by atoms with Gasteiger partial charge in [-0.3, -0.25) is 9.59 Å². The molecule has 0 heterocycles. The third-order valence-electron chi connectivity index (χ3n) is 2.81. The van der Waals surface area contributed by atoms with Crippen LogP contribution >= 0.6 is 0 Å². The van der Waals surface area contributed by atoms with E-state index in [0.717, 1.165) is 18.4 Å². The molecule has 5 nitrogen and oxygen atoms in total. The van der Waals surface area contributed by atoms with Gasteiger partial charge in [0.1, 0.15) is 5.75 Å². The van der Waals surface area contributed by atoms with Gasteiger partial charge in [0.15, 0.2) is 0 Å². The van der Waals surface area contributed by atoms with Crippen LogP contribution in [0.1, 0.15) is 41.6 Å². The van der Waals surface area contributed by atoms with Gasteiger partial charge in [-0.15, -0.1) is 0 Å². The predicted octanol–water partition coefficient (Wildman–Crippen LogP) is 2.08. The molecule has 0 saturated heterocycles. The molecule has 0 fully saturated rings. The van der Waals surface area contributed by atoms with Crippen LogP contribution in [0.15, 0.2) is 18.2 Å². The minimum Gasteiger partial charge on any atom is -0.508 e. The van der Waals surface area contributed by atoms with Gasteiger partial charge in [0.2, 0.25) is 0 Å². The Hall–Kier alpha value is -2.04. The number of carboxylic acid groups (broad SMARTS) is 1. The molecule has 1 aromatic carbocycles. The summed E-state index contributed by atoms with van der Waals surface area (Å²) in [6.07, 6.45) is 2.34. The van der Waals surface area contributed by atoms with E-state index in [-0.39, 0.29) is 18.1 Å². The number of rotatable bonds is 7. The Morgan fingerprint density at radius 2 is 1.95 bits per heavy atom. The number of hydrogen-bond acceptors (Lipinski definition) is 3. The van der Waals surface area contributed by atoms with E-state index < -0.39 is 5.97 Å². The van der Waals surface area contributed by atoms with Gasteiger partial charge in [-0.2, -0.15) is 0 Å². The van der Waals surface area contributed by atoms with Crippen molar-refractivity contribution in [2.75, 3.05) is 6.54 Å². The molecule has 0 aliphatic carbocycles. The topological polar surface area (TPSA) is 86.6 Å². The molecule has 1 amide bonds. The molecule has 19 heavy (non-hydrogen) atoms. The van der Waals surface area contributed by atoms with Crippen molar-refractivity contribution in [1.82, 2.24) is 5.32 Å². The molecule has 0 spiro atoms. The highest BCUT2D eigenvalue weighted by Crippen LogP contribution is 2.15.